The fraction of sp³-hybridized carbons (Fsp3) is 0.429. The molecular weight excluding hydrogens is 212 g/mol. The maximum atomic E-state index is 11.3. The molecule has 1 aromatic carbocycles. The van der Waals surface area contributed by atoms with E-state index in [1.54, 1.807) is 0 Å². The highest BCUT2D eigenvalue weighted by Gasteiger charge is 2.25. The Morgan fingerprint density at radius 3 is 3.00 bits per heavy atom. The molecule has 0 saturated carbocycles. The molecule has 2 aliphatic rings. The van der Waals surface area contributed by atoms with Crippen LogP contribution in [0.1, 0.15) is 29.0 Å². The SMILES string of the molecule is NC(=O)C1[C]CCc2cc(CN3CC3)ccc21. The second-order valence-corrected chi connectivity index (χ2v) is 4.85. The van der Waals surface area contributed by atoms with Crippen LogP contribution in [0.4, 0.5) is 0 Å². The quantitative estimate of drug-likeness (QED) is 0.787. The summed E-state index contributed by atoms with van der Waals surface area (Å²) in [7, 11) is 0. The zero-order valence-electron chi connectivity index (χ0n) is 9.78. The molecule has 1 aromatic rings. The van der Waals surface area contributed by atoms with Gasteiger partial charge in [0.25, 0.3) is 0 Å². The lowest BCUT2D eigenvalue weighted by Gasteiger charge is -2.23. The first kappa shape index (κ1) is 10.8. The summed E-state index contributed by atoms with van der Waals surface area (Å²) in [4.78, 5) is 13.7. The zero-order valence-corrected chi connectivity index (χ0v) is 9.78. The Labute approximate surface area is 102 Å². The van der Waals surface area contributed by atoms with Crippen LogP contribution in [-0.2, 0) is 17.8 Å². The van der Waals surface area contributed by atoms with Crippen molar-refractivity contribution in [3.63, 3.8) is 0 Å². The van der Waals surface area contributed by atoms with Gasteiger partial charge >= 0.3 is 0 Å². The molecule has 2 radical (unpaired) electrons. The number of amides is 1. The third-order valence-corrected chi connectivity index (χ3v) is 3.49. The summed E-state index contributed by atoms with van der Waals surface area (Å²) >= 11 is 0. The number of aryl methyl sites for hydroxylation is 1. The largest absolute Gasteiger partial charge is 0.369 e. The van der Waals surface area contributed by atoms with Crippen molar-refractivity contribution < 1.29 is 4.79 Å². The first-order valence-electron chi connectivity index (χ1n) is 6.11. The molecule has 1 heterocycles. The standard InChI is InChI=1S/C14H16N2O/c15-14(17)13-3-1-2-11-8-10(4-5-12(11)13)9-16-6-7-16/h4-5,8,13H,1-2,6-7,9H2,(H2,15,17). The van der Waals surface area contributed by atoms with Gasteiger partial charge in [-0.1, -0.05) is 18.2 Å². The van der Waals surface area contributed by atoms with Crippen molar-refractivity contribution in [3.8, 4) is 0 Å². The van der Waals surface area contributed by atoms with E-state index in [4.69, 9.17) is 5.73 Å². The van der Waals surface area contributed by atoms with Crippen molar-refractivity contribution in [2.24, 2.45) is 5.73 Å². The predicted octanol–water partition coefficient (Wildman–Crippen LogP) is 1.10. The molecule has 88 valence electrons. The van der Waals surface area contributed by atoms with Crippen molar-refractivity contribution >= 4 is 5.91 Å². The van der Waals surface area contributed by atoms with Crippen LogP contribution >= 0.6 is 0 Å². The lowest BCUT2D eigenvalue weighted by Crippen LogP contribution is -2.25. The van der Waals surface area contributed by atoms with Crippen LogP contribution in [0, 0.1) is 6.42 Å². The van der Waals surface area contributed by atoms with Crippen molar-refractivity contribution in [1.82, 2.24) is 4.90 Å². The van der Waals surface area contributed by atoms with E-state index in [1.165, 1.54) is 24.2 Å². The van der Waals surface area contributed by atoms with Crippen LogP contribution in [0.15, 0.2) is 18.2 Å². The first-order valence-corrected chi connectivity index (χ1v) is 6.11. The lowest BCUT2D eigenvalue weighted by atomic mass is 9.82. The molecule has 1 unspecified atom stereocenters. The van der Waals surface area contributed by atoms with Gasteiger partial charge in [0, 0.05) is 26.1 Å². The van der Waals surface area contributed by atoms with E-state index in [2.05, 4.69) is 29.5 Å². The van der Waals surface area contributed by atoms with Crippen molar-refractivity contribution in [2.75, 3.05) is 13.1 Å². The second-order valence-electron chi connectivity index (χ2n) is 4.85. The highest BCUT2D eigenvalue weighted by molar-refractivity contribution is 5.84. The number of nitrogens with two attached hydrogens (primary N) is 1. The van der Waals surface area contributed by atoms with E-state index >= 15 is 0 Å². The lowest BCUT2D eigenvalue weighted by molar-refractivity contribution is -0.118. The Morgan fingerprint density at radius 1 is 1.47 bits per heavy atom. The summed E-state index contributed by atoms with van der Waals surface area (Å²) in [5.74, 6) is -0.598. The van der Waals surface area contributed by atoms with E-state index in [1.807, 2.05) is 0 Å². The molecule has 1 saturated heterocycles. The topological polar surface area (TPSA) is 46.1 Å². The monoisotopic (exact) mass is 228 g/mol. The summed E-state index contributed by atoms with van der Waals surface area (Å²) in [6.45, 7) is 3.45. The molecule has 1 amide bonds. The Bertz CT molecular complexity index is 452. The van der Waals surface area contributed by atoms with Gasteiger partial charge in [0.15, 0.2) is 0 Å². The van der Waals surface area contributed by atoms with E-state index in [0.717, 1.165) is 24.9 Å². The third-order valence-electron chi connectivity index (χ3n) is 3.49. The molecule has 0 aromatic heterocycles. The maximum absolute atomic E-state index is 11.3. The third kappa shape index (κ3) is 2.20. The molecule has 3 heteroatoms. The van der Waals surface area contributed by atoms with Crippen LogP contribution in [0.25, 0.3) is 0 Å². The molecule has 0 spiro atoms. The minimum Gasteiger partial charge on any atom is -0.369 e. The summed E-state index contributed by atoms with van der Waals surface area (Å²) < 4.78 is 0. The number of carbonyl (C=O) groups is 1. The van der Waals surface area contributed by atoms with Gasteiger partial charge in [-0.25, -0.2) is 0 Å². The Morgan fingerprint density at radius 2 is 2.29 bits per heavy atom. The van der Waals surface area contributed by atoms with Crippen LogP contribution < -0.4 is 5.73 Å². The fourth-order valence-electron chi connectivity index (χ4n) is 2.46. The summed E-state index contributed by atoms with van der Waals surface area (Å²) in [5, 5.41) is 0. The maximum Gasteiger partial charge on any atom is 0.225 e. The first-order chi connectivity index (χ1) is 8.24. The number of fused-ring (bicyclic) bond motifs is 1. The Hall–Kier alpha value is -1.35. The molecule has 1 aliphatic carbocycles. The predicted molar refractivity (Wildman–Crippen MR) is 65.2 cm³/mol. The number of nitrogens with zero attached hydrogens (tertiary/aromatic N) is 1. The number of benzene rings is 1. The minimum absolute atomic E-state index is 0.287. The highest BCUT2D eigenvalue weighted by atomic mass is 16.1. The Balaban J connectivity index is 1.88. The van der Waals surface area contributed by atoms with Gasteiger partial charge in [-0.2, -0.15) is 0 Å². The number of hydrogen-bond donors (Lipinski definition) is 1. The van der Waals surface area contributed by atoms with E-state index in [0.29, 0.717) is 0 Å². The summed E-state index contributed by atoms with van der Waals surface area (Å²) in [5.41, 5.74) is 9.06. The van der Waals surface area contributed by atoms with Gasteiger partial charge in [0.05, 0.1) is 5.92 Å². The molecule has 1 aliphatic heterocycles. The molecule has 1 atom stereocenters. The average molecular weight is 228 g/mol. The Kier molecular flexibility index (Phi) is 2.63. The number of rotatable bonds is 3. The molecule has 3 nitrogen and oxygen atoms in total. The number of primary amides is 1. The van der Waals surface area contributed by atoms with Crippen LogP contribution in [0.3, 0.4) is 0 Å². The van der Waals surface area contributed by atoms with E-state index in [9.17, 15) is 4.79 Å². The zero-order chi connectivity index (χ0) is 11.8. The number of carbonyl (C=O) groups excluding carboxylic acids is 1. The van der Waals surface area contributed by atoms with Gasteiger partial charge < -0.3 is 5.73 Å². The van der Waals surface area contributed by atoms with Crippen molar-refractivity contribution in [1.29, 1.82) is 0 Å². The molecular formula is C14H16N2O. The van der Waals surface area contributed by atoms with E-state index < -0.39 is 0 Å². The molecule has 1 fully saturated rings. The van der Waals surface area contributed by atoms with Gasteiger partial charge in [-0.15, -0.1) is 0 Å². The smallest absolute Gasteiger partial charge is 0.225 e. The van der Waals surface area contributed by atoms with Crippen LogP contribution in [0.2, 0.25) is 0 Å². The summed E-state index contributed by atoms with van der Waals surface area (Å²) in [6, 6.07) is 6.39. The van der Waals surface area contributed by atoms with Crippen molar-refractivity contribution in [3.05, 3.63) is 41.3 Å². The van der Waals surface area contributed by atoms with Gasteiger partial charge in [0.2, 0.25) is 5.91 Å². The van der Waals surface area contributed by atoms with Gasteiger partial charge in [0.1, 0.15) is 0 Å². The van der Waals surface area contributed by atoms with Crippen LogP contribution in [0.5, 0.6) is 0 Å². The highest BCUT2D eigenvalue weighted by Crippen LogP contribution is 2.31. The number of hydrogen-bond acceptors (Lipinski definition) is 2. The molecule has 3 rings (SSSR count). The summed E-state index contributed by atoms with van der Waals surface area (Å²) in [6.07, 6.45) is 4.97. The van der Waals surface area contributed by atoms with Crippen molar-refractivity contribution in [2.45, 2.75) is 25.3 Å². The van der Waals surface area contributed by atoms with Gasteiger partial charge in [-0.05, 0) is 29.5 Å². The van der Waals surface area contributed by atoms with E-state index in [-0.39, 0.29) is 11.8 Å². The normalized spacial score (nSPS) is 23.2. The minimum atomic E-state index is -0.311. The fourth-order valence-corrected chi connectivity index (χ4v) is 2.46. The molecule has 0 bridgehead atoms. The van der Waals surface area contributed by atoms with Gasteiger partial charge in [-0.3, -0.25) is 9.69 Å². The molecule has 2 N–H and O–H groups in total. The average Bonchev–Trinajstić information content (AvgIpc) is 3.11. The van der Waals surface area contributed by atoms with Crippen LogP contribution in [-0.4, -0.2) is 23.9 Å². The second kappa shape index (κ2) is 4.15. The molecule has 17 heavy (non-hydrogen) atoms.